The maximum absolute atomic E-state index is 12.8. The number of likely N-dealkylation sites (tertiary alicyclic amines) is 1. The zero-order valence-corrected chi connectivity index (χ0v) is 14.8. The SMILES string of the molecule is O=C(NCc1ccccc1)c1cc(C(=O)N2CCCC2)n2c1SCC2. The van der Waals surface area contributed by atoms with Crippen LogP contribution in [-0.2, 0) is 13.1 Å². The number of hydrogen-bond acceptors (Lipinski definition) is 3. The number of carbonyl (C=O) groups excluding carboxylic acids is 2. The van der Waals surface area contributed by atoms with Crippen molar-refractivity contribution in [3.63, 3.8) is 0 Å². The predicted octanol–water partition coefficient (Wildman–Crippen LogP) is 2.76. The van der Waals surface area contributed by atoms with Crippen LogP contribution < -0.4 is 5.32 Å². The van der Waals surface area contributed by atoms with Crippen molar-refractivity contribution in [2.45, 2.75) is 31.0 Å². The summed E-state index contributed by atoms with van der Waals surface area (Å²) in [6, 6.07) is 11.6. The number of aromatic nitrogens is 1. The van der Waals surface area contributed by atoms with Gasteiger partial charge in [-0.2, -0.15) is 0 Å². The van der Waals surface area contributed by atoms with E-state index in [9.17, 15) is 9.59 Å². The van der Waals surface area contributed by atoms with Crippen LogP contribution >= 0.6 is 11.8 Å². The lowest BCUT2D eigenvalue weighted by Gasteiger charge is -2.15. The topological polar surface area (TPSA) is 54.3 Å². The predicted molar refractivity (Wildman–Crippen MR) is 97.9 cm³/mol. The van der Waals surface area contributed by atoms with Crippen molar-refractivity contribution in [1.29, 1.82) is 0 Å². The minimum absolute atomic E-state index is 0.0587. The summed E-state index contributed by atoms with van der Waals surface area (Å²) in [5.74, 6) is 0.862. The molecule has 2 aromatic rings. The standard InChI is InChI=1S/C19H21N3O2S/c23-17(20-13-14-6-2-1-3-7-14)15-12-16(22-10-11-25-19(15)22)18(24)21-8-4-5-9-21/h1-3,6-7,12H,4-5,8-11,13H2,(H,20,23). The molecule has 0 saturated carbocycles. The molecule has 1 N–H and O–H groups in total. The number of amides is 2. The van der Waals surface area contributed by atoms with Crippen LogP contribution in [0.5, 0.6) is 0 Å². The van der Waals surface area contributed by atoms with E-state index in [-0.39, 0.29) is 11.8 Å². The second-order valence-corrected chi connectivity index (χ2v) is 7.50. The highest BCUT2D eigenvalue weighted by Gasteiger charge is 2.30. The highest BCUT2D eigenvalue weighted by molar-refractivity contribution is 7.99. The van der Waals surface area contributed by atoms with E-state index in [1.807, 2.05) is 39.8 Å². The molecule has 1 aromatic heterocycles. The maximum atomic E-state index is 12.8. The quantitative estimate of drug-likeness (QED) is 0.917. The molecule has 1 aromatic carbocycles. The molecule has 0 radical (unpaired) electrons. The molecule has 0 spiro atoms. The lowest BCUT2D eigenvalue weighted by atomic mass is 10.2. The number of benzene rings is 1. The zero-order valence-electron chi connectivity index (χ0n) is 14.0. The molecule has 0 bridgehead atoms. The van der Waals surface area contributed by atoms with Crippen LogP contribution in [0.3, 0.4) is 0 Å². The third-order valence-electron chi connectivity index (χ3n) is 4.75. The van der Waals surface area contributed by atoms with Gasteiger partial charge in [-0.05, 0) is 24.5 Å². The number of hydrogen-bond donors (Lipinski definition) is 1. The van der Waals surface area contributed by atoms with Gasteiger partial charge in [-0.3, -0.25) is 9.59 Å². The van der Waals surface area contributed by atoms with E-state index in [0.717, 1.165) is 48.8 Å². The first kappa shape index (κ1) is 16.3. The third-order valence-corrected chi connectivity index (χ3v) is 5.85. The summed E-state index contributed by atoms with van der Waals surface area (Å²) >= 11 is 1.66. The number of rotatable bonds is 4. The first-order chi connectivity index (χ1) is 12.2. The first-order valence-corrected chi connectivity index (χ1v) is 9.70. The van der Waals surface area contributed by atoms with Gasteiger partial charge >= 0.3 is 0 Å². The van der Waals surface area contributed by atoms with E-state index in [0.29, 0.717) is 17.8 Å². The Balaban J connectivity index is 1.54. The summed E-state index contributed by atoms with van der Waals surface area (Å²) in [6.07, 6.45) is 2.14. The highest BCUT2D eigenvalue weighted by atomic mass is 32.2. The van der Waals surface area contributed by atoms with E-state index < -0.39 is 0 Å². The van der Waals surface area contributed by atoms with Gasteiger partial charge in [-0.25, -0.2) is 0 Å². The monoisotopic (exact) mass is 355 g/mol. The molecule has 2 aliphatic heterocycles. The smallest absolute Gasteiger partial charge is 0.270 e. The Labute approximate surface area is 151 Å². The van der Waals surface area contributed by atoms with E-state index in [4.69, 9.17) is 0 Å². The normalized spacial score (nSPS) is 16.1. The van der Waals surface area contributed by atoms with Crippen molar-refractivity contribution in [2.75, 3.05) is 18.8 Å². The zero-order chi connectivity index (χ0) is 17.2. The molecule has 1 fully saturated rings. The molecule has 25 heavy (non-hydrogen) atoms. The fourth-order valence-corrected chi connectivity index (χ4v) is 4.56. The fourth-order valence-electron chi connectivity index (χ4n) is 3.44. The molecule has 2 amide bonds. The van der Waals surface area contributed by atoms with Gasteiger partial charge in [-0.1, -0.05) is 30.3 Å². The van der Waals surface area contributed by atoms with Crippen molar-refractivity contribution in [3.05, 3.63) is 53.2 Å². The number of nitrogens with zero attached hydrogens (tertiary/aromatic N) is 2. The van der Waals surface area contributed by atoms with E-state index in [1.165, 1.54) is 0 Å². The molecule has 1 saturated heterocycles. The van der Waals surface area contributed by atoms with Gasteiger partial charge in [0.15, 0.2) is 0 Å². The fraction of sp³-hybridized carbons (Fsp3) is 0.368. The molecular formula is C19H21N3O2S. The summed E-state index contributed by atoms with van der Waals surface area (Å²) in [5, 5.41) is 3.90. The summed E-state index contributed by atoms with van der Waals surface area (Å²) in [5.41, 5.74) is 2.35. The number of nitrogens with one attached hydrogen (secondary N) is 1. The van der Waals surface area contributed by atoms with E-state index >= 15 is 0 Å². The minimum atomic E-state index is -0.109. The number of carbonyl (C=O) groups is 2. The van der Waals surface area contributed by atoms with Crippen LogP contribution in [-0.4, -0.2) is 40.1 Å². The van der Waals surface area contributed by atoms with Crippen LogP contribution in [0.15, 0.2) is 41.4 Å². The van der Waals surface area contributed by atoms with Gasteiger partial charge in [0.2, 0.25) is 0 Å². The van der Waals surface area contributed by atoms with E-state index in [1.54, 1.807) is 17.8 Å². The summed E-state index contributed by atoms with van der Waals surface area (Å²) in [4.78, 5) is 27.4. The molecule has 130 valence electrons. The molecule has 0 atom stereocenters. The lowest BCUT2D eigenvalue weighted by molar-refractivity contribution is 0.0781. The molecule has 2 aliphatic rings. The van der Waals surface area contributed by atoms with Crippen molar-refractivity contribution < 1.29 is 9.59 Å². The van der Waals surface area contributed by atoms with Crippen molar-refractivity contribution in [2.24, 2.45) is 0 Å². The van der Waals surface area contributed by atoms with Gasteiger partial charge in [0.25, 0.3) is 11.8 Å². The van der Waals surface area contributed by atoms with Crippen LogP contribution in [0.1, 0.15) is 39.3 Å². The van der Waals surface area contributed by atoms with Crippen molar-refractivity contribution >= 4 is 23.6 Å². The lowest BCUT2D eigenvalue weighted by Crippen LogP contribution is -2.29. The highest BCUT2D eigenvalue weighted by Crippen LogP contribution is 2.33. The van der Waals surface area contributed by atoms with Gasteiger partial charge < -0.3 is 14.8 Å². The molecule has 4 rings (SSSR count). The van der Waals surface area contributed by atoms with Gasteiger partial charge in [0, 0.05) is 31.9 Å². The second-order valence-electron chi connectivity index (χ2n) is 6.42. The van der Waals surface area contributed by atoms with Gasteiger partial charge in [0.1, 0.15) is 5.69 Å². The summed E-state index contributed by atoms with van der Waals surface area (Å²) < 4.78 is 2.02. The molecule has 0 aliphatic carbocycles. The third kappa shape index (κ3) is 3.18. The van der Waals surface area contributed by atoms with Crippen LogP contribution in [0.2, 0.25) is 0 Å². The Morgan fingerprint density at radius 3 is 2.60 bits per heavy atom. The van der Waals surface area contributed by atoms with Crippen LogP contribution in [0.4, 0.5) is 0 Å². The van der Waals surface area contributed by atoms with Crippen LogP contribution in [0, 0.1) is 0 Å². The van der Waals surface area contributed by atoms with Gasteiger partial charge in [0.05, 0.1) is 10.6 Å². The molecule has 6 heteroatoms. The first-order valence-electron chi connectivity index (χ1n) is 8.72. The van der Waals surface area contributed by atoms with Gasteiger partial charge in [-0.15, -0.1) is 11.8 Å². The van der Waals surface area contributed by atoms with Crippen molar-refractivity contribution in [1.82, 2.24) is 14.8 Å². The van der Waals surface area contributed by atoms with Crippen LogP contribution in [0.25, 0.3) is 0 Å². The van der Waals surface area contributed by atoms with E-state index in [2.05, 4.69) is 5.32 Å². The summed E-state index contributed by atoms with van der Waals surface area (Å²) in [7, 11) is 0. The second kappa shape index (κ2) is 6.96. The minimum Gasteiger partial charge on any atom is -0.348 e. The Hall–Kier alpha value is -2.21. The maximum Gasteiger partial charge on any atom is 0.270 e. The molecule has 3 heterocycles. The number of thioether (sulfide) groups is 1. The summed E-state index contributed by atoms with van der Waals surface area (Å²) in [6.45, 7) is 2.93. The Morgan fingerprint density at radius 2 is 1.84 bits per heavy atom. The van der Waals surface area contributed by atoms with Crippen molar-refractivity contribution in [3.8, 4) is 0 Å². The Kier molecular flexibility index (Phi) is 4.53. The number of fused-ring (bicyclic) bond motifs is 1. The average molecular weight is 355 g/mol. The molecular weight excluding hydrogens is 334 g/mol. The average Bonchev–Trinajstić information content (AvgIpc) is 3.36. The Morgan fingerprint density at radius 1 is 1.08 bits per heavy atom. The largest absolute Gasteiger partial charge is 0.348 e. The molecule has 5 nitrogen and oxygen atoms in total. The molecule has 0 unspecified atom stereocenters. The Bertz CT molecular complexity index is 795.